The minimum Gasteiger partial charge on any atom is -0.362 e. The van der Waals surface area contributed by atoms with Crippen LogP contribution in [-0.2, 0) is 21.2 Å². The third-order valence-corrected chi connectivity index (χ3v) is 4.77. The normalized spacial score (nSPS) is 17.6. The maximum absolute atomic E-state index is 12.2. The van der Waals surface area contributed by atoms with Crippen molar-refractivity contribution in [2.24, 2.45) is 5.14 Å². The number of rotatable bonds is 3. The highest BCUT2D eigenvalue weighted by Crippen LogP contribution is 2.29. The van der Waals surface area contributed by atoms with Crippen molar-refractivity contribution in [3.8, 4) is 0 Å². The minimum absolute atomic E-state index is 0.0679. The molecule has 0 unspecified atom stereocenters. The molecule has 1 aromatic rings. The van der Waals surface area contributed by atoms with Gasteiger partial charge in [-0.15, -0.1) is 0 Å². The number of amides is 3. The number of nitrogens with one attached hydrogen (secondary N) is 1. The van der Waals surface area contributed by atoms with Crippen molar-refractivity contribution >= 4 is 27.6 Å². The number of nitrogens with two attached hydrogens (primary N) is 1. The summed E-state index contributed by atoms with van der Waals surface area (Å²) in [5.74, 6) is -0.265. The van der Waals surface area contributed by atoms with Crippen LogP contribution in [0.25, 0.3) is 0 Å². The lowest BCUT2D eigenvalue weighted by molar-refractivity contribution is -0.126. The lowest BCUT2D eigenvalue weighted by atomic mass is 10.2. The number of imide groups is 1. The van der Waals surface area contributed by atoms with Crippen LogP contribution in [-0.4, -0.2) is 51.4 Å². The molecule has 3 N–H and O–H groups in total. The van der Waals surface area contributed by atoms with Crippen molar-refractivity contribution in [1.29, 1.82) is 0 Å². The predicted molar refractivity (Wildman–Crippen MR) is 78.8 cm³/mol. The molecule has 0 aromatic heterocycles. The van der Waals surface area contributed by atoms with Gasteiger partial charge in [-0.25, -0.2) is 18.4 Å². The summed E-state index contributed by atoms with van der Waals surface area (Å²) in [6.45, 7) is 1.54. The third kappa shape index (κ3) is 2.64. The zero-order valence-electron chi connectivity index (χ0n) is 11.8. The molecule has 0 radical (unpaired) electrons. The molecule has 1 saturated heterocycles. The van der Waals surface area contributed by atoms with Gasteiger partial charge in [0.1, 0.15) is 0 Å². The summed E-state index contributed by atoms with van der Waals surface area (Å²) in [6, 6.07) is 4.25. The fourth-order valence-corrected chi connectivity index (χ4v) is 3.31. The molecule has 1 aromatic carbocycles. The van der Waals surface area contributed by atoms with E-state index < -0.39 is 10.0 Å². The van der Waals surface area contributed by atoms with Crippen LogP contribution in [0, 0.1) is 0 Å². The van der Waals surface area contributed by atoms with Gasteiger partial charge in [0.15, 0.2) is 0 Å². The molecule has 118 valence electrons. The Morgan fingerprint density at radius 3 is 2.73 bits per heavy atom. The highest BCUT2D eigenvalue weighted by atomic mass is 32.2. The Kier molecular flexibility index (Phi) is 3.53. The number of carbonyl (C=O) groups excluding carboxylic acids is 2. The van der Waals surface area contributed by atoms with Crippen molar-refractivity contribution in [2.45, 2.75) is 11.3 Å². The van der Waals surface area contributed by atoms with Gasteiger partial charge in [-0.3, -0.25) is 9.69 Å². The molecule has 2 aliphatic rings. The molecule has 3 amide bonds. The van der Waals surface area contributed by atoms with E-state index in [0.717, 1.165) is 11.3 Å². The van der Waals surface area contributed by atoms with E-state index in [-0.39, 0.29) is 23.4 Å². The maximum Gasteiger partial charge on any atom is 0.324 e. The van der Waals surface area contributed by atoms with Crippen LogP contribution in [0.1, 0.15) is 5.56 Å². The van der Waals surface area contributed by atoms with Gasteiger partial charge >= 0.3 is 6.03 Å². The first kappa shape index (κ1) is 14.8. The molecule has 22 heavy (non-hydrogen) atoms. The fraction of sp³-hybridized carbons (Fsp3) is 0.385. The van der Waals surface area contributed by atoms with Crippen LogP contribution in [0.5, 0.6) is 0 Å². The minimum atomic E-state index is -3.73. The van der Waals surface area contributed by atoms with Crippen molar-refractivity contribution in [3.05, 3.63) is 23.8 Å². The molecule has 0 aliphatic carbocycles. The van der Waals surface area contributed by atoms with E-state index in [1.807, 2.05) is 4.90 Å². The molecule has 2 aliphatic heterocycles. The Hall–Kier alpha value is -2.13. The van der Waals surface area contributed by atoms with E-state index in [4.69, 9.17) is 5.14 Å². The van der Waals surface area contributed by atoms with E-state index in [1.54, 1.807) is 6.07 Å². The van der Waals surface area contributed by atoms with Gasteiger partial charge in [-0.1, -0.05) is 0 Å². The molecule has 0 bridgehead atoms. The molecule has 9 heteroatoms. The standard InChI is InChI=1S/C13H16N4O4S/c14-22(20,21)10-1-2-11-9(7-10)3-5-16(11)8-12(18)17-6-4-15-13(17)19/h1-2,7H,3-6,8H2,(H,15,19)(H2,14,20,21). The summed E-state index contributed by atoms with van der Waals surface area (Å²) < 4.78 is 22.7. The van der Waals surface area contributed by atoms with E-state index in [1.165, 1.54) is 17.0 Å². The number of benzene rings is 1. The maximum atomic E-state index is 12.2. The van der Waals surface area contributed by atoms with Gasteiger partial charge in [-0.05, 0) is 30.2 Å². The van der Waals surface area contributed by atoms with Crippen molar-refractivity contribution in [1.82, 2.24) is 10.2 Å². The van der Waals surface area contributed by atoms with Crippen molar-refractivity contribution in [2.75, 3.05) is 31.1 Å². The van der Waals surface area contributed by atoms with Gasteiger partial charge in [0.05, 0.1) is 11.4 Å². The van der Waals surface area contributed by atoms with Crippen LogP contribution in [0.15, 0.2) is 23.1 Å². The first-order valence-corrected chi connectivity index (χ1v) is 8.40. The SMILES string of the molecule is NS(=O)(=O)c1ccc2c(c1)CCN2CC(=O)N1CCNC1=O. The summed E-state index contributed by atoms with van der Waals surface area (Å²) in [5, 5.41) is 7.70. The average Bonchev–Trinajstić information content (AvgIpc) is 3.04. The predicted octanol–water partition coefficient (Wildman–Crippen LogP) is -0.752. The van der Waals surface area contributed by atoms with E-state index in [0.29, 0.717) is 26.1 Å². The molecule has 8 nitrogen and oxygen atoms in total. The number of hydrogen-bond acceptors (Lipinski definition) is 5. The zero-order chi connectivity index (χ0) is 15.9. The number of primary sulfonamides is 1. The van der Waals surface area contributed by atoms with Gasteiger partial charge in [0.2, 0.25) is 15.9 Å². The molecule has 1 fully saturated rings. The largest absolute Gasteiger partial charge is 0.362 e. The first-order chi connectivity index (χ1) is 10.4. The lowest BCUT2D eigenvalue weighted by Crippen LogP contribution is -2.41. The quantitative estimate of drug-likeness (QED) is 0.759. The number of nitrogens with zero attached hydrogens (tertiary/aromatic N) is 2. The van der Waals surface area contributed by atoms with Crippen LogP contribution in [0.3, 0.4) is 0 Å². The molecule has 0 atom stereocenters. The zero-order valence-corrected chi connectivity index (χ0v) is 12.6. The summed E-state index contributed by atoms with van der Waals surface area (Å²) in [4.78, 5) is 26.7. The highest BCUT2D eigenvalue weighted by molar-refractivity contribution is 7.89. The summed E-state index contributed by atoms with van der Waals surface area (Å²) in [7, 11) is -3.73. The second-order valence-electron chi connectivity index (χ2n) is 5.28. The third-order valence-electron chi connectivity index (χ3n) is 3.86. The topological polar surface area (TPSA) is 113 Å². The van der Waals surface area contributed by atoms with Crippen LogP contribution in [0.4, 0.5) is 10.5 Å². The highest BCUT2D eigenvalue weighted by Gasteiger charge is 2.29. The summed E-state index contributed by atoms with van der Waals surface area (Å²) in [6.07, 6.45) is 0.637. The Bertz CT molecular complexity index is 746. The summed E-state index contributed by atoms with van der Waals surface area (Å²) in [5.41, 5.74) is 1.64. The molecular formula is C13H16N4O4S. The Morgan fingerprint density at radius 1 is 1.32 bits per heavy atom. The Morgan fingerprint density at radius 2 is 2.09 bits per heavy atom. The molecule has 0 spiro atoms. The number of carbonyl (C=O) groups is 2. The molecule has 0 saturated carbocycles. The van der Waals surface area contributed by atoms with Crippen molar-refractivity contribution in [3.63, 3.8) is 0 Å². The number of urea groups is 1. The Balaban J connectivity index is 1.77. The van der Waals surface area contributed by atoms with Gasteiger partial charge in [0, 0.05) is 25.3 Å². The fourth-order valence-electron chi connectivity index (χ4n) is 2.75. The number of sulfonamides is 1. The second kappa shape index (κ2) is 5.25. The smallest absolute Gasteiger partial charge is 0.324 e. The van der Waals surface area contributed by atoms with E-state index in [9.17, 15) is 18.0 Å². The van der Waals surface area contributed by atoms with E-state index >= 15 is 0 Å². The Labute approximate surface area is 127 Å². The van der Waals surface area contributed by atoms with Crippen LogP contribution < -0.4 is 15.4 Å². The van der Waals surface area contributed by atoms with E-state index in [2.05, 4.69) is 5.32 Å². The van der Waals surface area contributed by atoms with Crippen LogP contribution >= 0.6 is 0 Å². The number of fused-ring (bicyclic) bond motifs is 1. The molecular weight excluding hydrogens is 308 g/mol. The summed E-state index contributed by atoms with van der Waals surface area (Å²) >= 11 is 0. The average molecular weight is 324 g/mol. The van der Waals surface area contributed by atoms with Gasteiger partial charge in [-0.2, -0.15) is 0 Å². The van der Waals surface area contributed by atoms with Crippen LogP contribution in [0.2, 0.25) is 0 Å². The van der Waals surface area contributed by atoms with Crippen molar-refractivity contribution < 1.29 is 18.0 Å². The molecule has 2 heterocycles. The lowest BCUT2D eigenvalue weighted by Gasteiger charge is -2.21. The molecule has 3 rings (SSSR count). The van der Waals surface area contributed by atoms with Gasteiger partial charge < -0.3 is 10.2 Å². The monoisotopic (exact) mass is 324 g/mol. The first-order valence-electron chi connectivity index (χ1n) is 6.85. The number of anilines is 1. The second-order valence-corrected chi connectivity index (χ2v) is 6.85. The van der Waals surface area contributed by atoms with Gasteiger partial charge in [0.25, 0.3) is 0 Å². The number of hydrogen-bond donors (Lipinski definition) is 2.